The summed E-state index contributed by atoms with van der Waals surface area (Å²) in [6.45, 7) is 3.86. The number of fused-ring (bicyclic) bond motifs is 1. The number of thiazole rings is 1. The zero-order valence-electron chi connectivity index (χ0n) is 18.7. The molecule has 0 spiro atoms. The van der Waals surface area contributed by atoms with Crippen molar-refractivity contribution in [2.75, 3.05) is 25.0 Å². The van der Waals surface area contributed by atoms with Crippen LogP contribution in [0.5, 0.6) is 0 Å². The largest absolute Gasteiger partial charge is 0.490 e. The van der Waals surface area contributed by atoms with Gasteiger partial charge in [-0.05, 0) is 12.1 Å². The molecule has 2 N–H and O–H groups in total. The smallest absolute Gasteiger partial charge is 0.475 e. The fourth-order valence-electron chi connectivity index (χ4n) is 3.41. The minimum atomic E-state index is -5.08. The number of hydrogen-bond acceptors (Lipinski definition) is 10. The Kier molecular flexibility index (Phi) is 8.02. The summed E-state index contributed by atoms with van der Waals surface area (Å²) in [6, 6.07) is 9.86. The first kappa shape index (κ1) is 25.4. The molecule has 4 aromatic rings. The summed E-state index contributed by atoms with van der Waals surface area (Å²) in [4.78, 5) is 24.4. The van der Waals surface area contributed by atoms with Gasteiger partial charge in [-0.1, -0.05) is 23.4 Å². The van der Waals surface area contributed by atoms with Gasteiger partial charge in [0.1, 0.15) is 11.3 Å². The Morgan fingerprint density at radius 2 is 2.00 bits per heavy atom. The molecule has 0 radical (unpaired) electrons. The van der Waals surface area contributed by atoms with Crippen LogP contribution in [0.4, 0.5) is 24.7 Å². The Morgan fingerprint density at radius 3 is 2.69 bits per heavy atom. The molecule has 11 nitrogen and oxygen atoms in total. The number of benzene rings is 1. The number of nitrogens with zero attached hydrogens (tertiary/aromatic N) is 7. The Bertz CT molecular complexity index is 1270. The van der Waals surface area contributed by atoms with Gasteiger partial charge in [-0.25, -0.2) is 24.4 Å². The number of para-hydroxylation sites is 1. The molecular weight excluding hydrogens is 501 g/mol. The number of carboxylic acids is 1. The quantitative estimate of drug-likeness (QED) is 0.390. The zero-order valence-corrected chi connectivity index (χ0v) is 19.5. The fraction of sp³-hybridized carbons (Fsp3) is 0.333. The summed E-state index contributed by atoms with van der Waals surface area (Å²) in [5.74, 6) is -2.12. The molecule has 15 heteroatoms. The first-order valence-corrected chi connectivity index (χ1v) is 11.6. The highest BCUT2D eigenvalue weighted by molar-refractivity contribution is 7.09. The lowest BCUT2D eigenvalue weighted by molar-refractivity contribution is -0.192. The number of ether oxygens (including phenoxy) is 1. The number of aromatic nitrogens is 6. The normalized spacial score (nSPS) is 16.4. The Labute approximate surface area is 206 Å². The van der Waals surface area contributed by atoms with Gasteiger partial charge in [0.2, 0.25) is 0 Å². The van der Waals surface area contributed by atoms with Crippen molar-refractivity contribution in [2.45, 2.75) is 25.4 Å². The summed E-state index contributed by atoms with van der Waals surface area (Å²) < 4.78 is 39.5. The van der Waals surface area contributed by atoms with E-state index in [1.165, 1.54) is 6.33 Å². The monoisotopic (exact) mass is 522 g/mol. The molecule has 4 heterocycles. The van der Waals surface area contributed by atoms with Crippen LogP contribution < -0.4 is 5.32 Å². The second-order valence-electron chi connectivity index (χ2n) is 7.61. The van der Waals surface area contributed by atoms with Gasteiger partial charge in [0.25, 0.3) is 0 Å². The summed E-state index contributed by atoms with van der Waals surface area (Å²) in [6.07, 6.45) is -1.68. The second kappa shape index (κ2) is 11.4. The highest BCUT2D eigenvalue weighted by Gasteiger charge is 2.38. The van der Waals surface area contributed by atoms with E-state index in [1.54, 1.807) is 16.0 Å². The number of carboxylic acid groups (broad SMARTS) is 1. The minimum Gasteiger partial charge on any atom is -0.475 e. The summed E-state index contributed by atoms with van der Waals surface area (Å²) in [5, 5.41) is 22.2. The van der Waals surface area contributed by atoms with Crippen LogP contribution in [0.15, 0.2) is 48.2 Å². The predicted octanol–water partition coefficient (Wildman–Crippen LogP) is 2.96. The van der Waals surface area contributed by atoms with Gasteiger partial charge in [0.05, 0.1) is 25.8 Å². The molecule has 1 atom stereocenters. The number of nitrogens with one attached hydrogen (secondary N) is 1. The van der Waals surface area contributed by atoms with E-state index in [-0.39, 0.29) is 6.10 Å². The molecule has 3 aromatic heterocycles. The first-order valence-electron chi connectivity index (χ1n) is 10.7. The molecule has 0 bridgehead atoms. The van der Waals surface area contributed by atoms with Gasteiger partial charge >= 0.3 is 12.1 Å². The molecule has 0 amide bonds. The van der Waals surface area contributed by atoms with Crippen molar-refractivity contribution in [1.29, 1.82) is 0 Å². The SMILES string of the molecule is O=C(O)C(F)(F)F.c1ccc(Nc2ncnc3c2nnn3CC2CN(Cc3nccs3)CCO2)cc1. The van der Waals surface area contributed by atoms with E-state index in [9.17, 15) is 13.2 Å². The number of carbonyl (C=O) groups is 1. The van der Waals surface area contributed by atoms with E-state index in [0.717, 1.165) is 30.3 Å². The highest BCUT2D eigenvalue weighted by atomic mass is 32.1. The van der Waals surface area contributed by atoms with Crippen molar-refractivity contribution in [1.82, 2.24) is 34.8 Å². The third-order valence-electron chi connectivity index (χ3n) is 5.02. The number of halogens is 3. The topological polar surface area (TPSA) is 131 Å². The fourth-order valence-corrected chi connectivity index (χ4v) is 4.07. The number of hydrogen-bond donors (Lipinski definition) is 2. The van der Waals surface area contributed by atoms with E-state index in [4.69, 9.17) is 14.6 Å². The van der Waals surface area contributed by atoms with E-state index >= 15 is 0 Å². The van der Waals surface area contributed by atoms with Crippen molar-refractivity contribution in [2.24, 2.45) is 0 Å². The third kappa shape index (κ3) is 6.71. The first-order chi connectivity index (χ1) is 17.3. The number of rotatable bonds is 6. The molecule has 1 saturated heterocycles. The van der Waals surface area contributed by atoms with Crippen LogP contribution in [0.25, 0.3) is 11.2 Å². The van der Waals surface area contributed by atoms with Gasteiger partial charge in [0.15, 0.2) is 17.0 Å². The molecule has 1 aliphatic rings. The number of aliphatic carboxylic acids is 1. The molecule has 1 aliphatic heterocycles. The lowest BCUT2D eigenvalue weighted by Crippen LogP contribution is -2.43. The maximum atomic E-state index is 10.6. The van der Waals surface area contributed by atoms with Crippen LogP contribution in [0.2, 0.25) is 0 Å². The molecular formula is C21H21F3N8O3S. The van der Waals surface area contributed by atoms with Gasteiger partial charge < -0.3 is 15.2 Å². The Morgan fingerprint density at radius 1 is 1.22 bits per heavy atom. The van der Waals surface area contributed by atoms with Crippen LogP contribution in [0.3, 0.4) is 0 Å². The van der Waals surface area contributed by atoms with Crippen molar-refractivity contribution < 1.29 is 27.8 Å². The maximum absolute atomic E-state index is 10.6. The summed E-state index contributed by atoms with van der Waals surface area (Å²) >= 11 is 1.68. The van der Waals surface area contributed by atoms with Gasteiger partial charge in [-0.2, -0.15) is 13.2 Å². The number of alkyl halides is 3. The molecule has 0 saturated carbocycles. The van der Waals surface area contributed by atoms with E-state index < -0.39 is 12.1 Å². The maximum Gasteiger partial charge on any atom is 0.490 e. The number of anilines is 2. The lowest BCUT2D eigenvalue weighted by Gasteiger charge is -2.32. The van der Waals surface area contributed by atoms with Crippen LogP contribution >= 0.6 is 11.3 Å². The molecule has 1 unspecified atom stereocenters. The van der Waals surface area contributed by atoms with Gasteiger partial charge in [-0.3, -0.25) is 4.90 Å². The predicted molar refractivity (Wildman–Crippen MR) is 124 cm³/mol. The second-order valence-corrected chi connectivity index (χ2v) is 8.59. The molecule has 5 rings (SSSR count). The van der Waals surface area contributed by atoms with E-state index in [1.807, 2.05) is 41.9 Å². The van der Waals surface area contributed by atoms with Crippen LogP contribution in [-0.2, 0) is 22.6 Å². The minimum absolute atomic E-state index is 0.0223. The molecule has 0 aliphatic carbocycles. The average Bonchev–Trinajstić information content (AvgIpc) is 3.51. The van der Waals surface area contributed by atoms with Gasteiger partial charge in [-0.15, -0.1) is 16.4 Å². The van der Waals surface area contributed by atoms with Crippen LogP contribution in [-0.4, -0.2) is 77.9 Å². The van der Waals surface area contributed by atoms with Crippen LogP contribution in [0.1, 0.15) is 5.01 Å². The summed E-state index contributed by atoms with van der Waals surface area (Å²) in [5.41, 5.74) is 2.28. The van der Waals surface area contributed by atoms with E-state index in [0.29, 0.717) is 30.1 Å². The lowest BCUT2D eigenvalue weighted by atomic mass is 10.2. The highest BCUT2D eigenvalue weighted by Crippen LogP contribution is 2.21. The van der Waals surface area contributed by atoms with Crippen LogP contribution in [0, 0.1) is 0 Å². The Hall–Kier alpha value is -3.69. The van der Waals surface area contributed by atoms with Crippen molar-refractivity contribution in [3.8, 4) is 0 Å². The molecule has 1 aromatic carbocycles. The van der Waals surface area contributed by atoms with Crippen molar-refractivity contribution >= 4 is 40.0 Å². The Balaban J connectivity index is 0.000000384. The van der Waals surface area contributed by atoms with Crippen molar-refractivity contribution in [3.05, 3.63) is 53.2 Å². The molecule has 1 fully saturated rings. The molecule has 190 valence electrons. The molecule has 36 heavy (non-hydrogen) atoms. The third-order valence-corrected chi connectivity index (χ3v) is 5.79. The average molecular weight is 523 g/mol. The summed E-state index contributed by atoms with van der Waals surface area (Å²) in [7, 11) is 0. The number of morpholine rings is 1. The van der Waals surface area contributed by atoms with Crippen molar-refractivity contribution in [3.63, 3.8) is 0 Å². The zero-order chi connectivity index (χ0) is 25.5. The van der Waals surface area contributed by atoms with Gasteiger partial charge in [0, 0.05) is 30.4 Å². The standard InChI is InChI=1S/C19H20N8OS.C2HF3O2/c1-2-4-14(5-3-1)23-18-17-19(22-13-21-18)27(25-24-17)11-15-10-26(7-8-28-15)12-16-20-6-9-29-16;3-2(4,5)1(6)7/h1-6,9,13,15H,7-8,10-12H2,(H,21,22,23);(H,6,7). The van der Waals surface area contributed by atoms with E-state index in [2.05, 4.69) is 35.5 Å².